The van der Waals surface area contributed by atoms with E-state index in [-0.39, 0.29) is 23.6 Å². The third kappa shape index (κ3) is 9.59. The molecular formula is C28H39FN4O2S. The van der Waals surface area contributed by atoms with Crippen molar-refractivity contribution < 1.29 is 13.6 Å². The highest BCUT2D eigenvalue weighted by Gasteiger charge is 2.22. The van der Waals surface area contributed by atoms with E-state index in [9.17, 15) is 9.18 Å². The van der Waals surface area contributed by atoms with E-state index in [0.29, 0.717) is 23.0 Å². The molecule has 2 atom stereocenters. The number of anilines is 1. The quantitative estimate of drug-likeness (QED) is 0.275. The molecule has 196 valence electrons. The topological polar surface area (TPSA) is 71.3 Å². The lowest BCUT2D eigenvalue weighted by atomic mass is 9.94. The first kappa shape index (κ1) is 31.1. The summed E-state index contributed by atoms with van der Waals surface area (Å²) in [5.41, 5.74) is 1.08. The minimum Gasteiger partial charge on any atom is -0.403 e. The molecule has 1 N–H and O–H groups in total. The molecule has 1 aliphatic heterocycles. The minimum atomic E-state index is -0.349. The number of benzene rings is 2. The smallest absolute Gasteiger partial charge is 0.322 e. The number of amides is 1. The number of hydrogen-bond donors (Lipinski definition) is 1. The van der Waals surface area contributed by atoms with Gasteiger partial charge in [-0.25, -0.2) is 8.70 Å². The maximum absolute atomic E-state index is 13.0. The van der Waals surface area contributed by atoms with Crippen LogP contribution in [0.1, 0.15) is 58.3 Å². The van der Waals surface area contributed by atoms with Gasteiger partial charge in [0.25, 0.3) is 5.91 Å². The average Bonchev–Trinajstić information content (AvgIpc) is 3.36. The summed E-state index contributed by atoms with van der Waals surface area (Å²) in [6, 6.07) is 13.1. The van der Waals surface area contributed by atoms with Gasteiger partial charge in [0.2, 0.25) is 5.89 Å². The Labute approximate surface area is 219 Å². The van der Waals surface area contributed by atoms with E-state index in [1.165, 1.54) is 30.7 Å². The Morgan fingerprint density at radius 2 is 1.53 bits per heavy atom. The fourth-order valence-electron chi connectivity index (χ4n) is 3.65. The number of halogens is 1. The van der Waals surface area contributed by atoms with Crippen molar-refractivity contribution in [3.05, 3.63) is 73.1 Å². The zero-order valence-corrected chi connectivity index (χ0v) is 23.1. The van der Waals surface area contributed by atoms with Gasteiger partial charge in [0.1, 0.15) is 5.82 Å². The molecule has 2 aromatic carbocycles. The van der Waals surface area contributed by atoms with Gasteiger partial charge in [-0.15, -0.1) is 18.3 Å². The summed E-state index contributed by atoms with van der Waals surface area (Å²) in [6.45, 7) is 20.7. The van der Waals surface area contributed by atoms with Gasteiger partial charge in [-0.3, -0.25) is 10.1 Å². The first-order chi connectivity index (χ1) is 17.5. The number of nitrogens with zero attached hydrogens (tertiary/aromatic N) is 3. The first-order valence-corrected chi connectivity index (χ1v) is 13.2. The maximum Gasteiger partial charge on any atom is 0.322 e. The summed E-state index contributed by atoms with van der Waals surface area (Å²) in [5.74, 6) is 0.918. The Morgan fingerprint density at radius 3 is 2.08 bits per heavy atom. The summed E-state index contributed by atoms with van der Waals surface area (Å²) in [4.78, 5) is 13.6. The van der Waals surface area contributed by atoms with Gasteiger partial charge in [0.15, 0.2) is 0 Å². The summed E-state index contributed by atoms with van der Waals surface area (Å²) >= 11 is 1.73. The molecule has 0 saturated carbocycles. The van der Waals surface area contributed by atoms with Crippen molar-refractivity contribution in [2.75, 3.05) is 18.4 Å². The molecule has 1 fully saturated rings. The highest BCUT2D eigenvalue weighted by atomic mass is 32.2. The van der Waals surface area contributed by atoms with Crippen LogP contribution in [0.2, 0.25) is 0 Å². The van der Waals surface area contributed by atoms with E-state index in [0.717, 1.165) is 18.0 Å². The Balaban J connectivity index is 0.00000101. The molecular weight excluding hydrogens is 475 g/mol. The molecule has 0 aliphatic carbocycles. The van der Waals surface area contributed by atoms with Crippen molar-refractivity contribution >= 4 is 23.9 Å². The van der Waals surface area contributed by atoms with E-state index in [1.807, 2.05) is 39.8 Å². The minimum absolute atomic E-state index is 0.00549. The highest BCUT2D eigenvalue weighted by Crippen LogP contribution is 2.30. The second-order valence-corrected chi connectivity index (χ2v) is 8.95. The van der Waals surface area contributed by atoms with Gasteiger partial charge >= 0.3 is 6.01 Å². The second kappa shape index (κ2) is 16.7. The zero-order valence-electron chi connectivity index (χ0n) is 22.3. The van der Waals surface area contributed by atoms with Gasteiger partial charge in [-0.1, -0.05) is 46.6 Å². The predicted molar refractivity (Wildman–Crippen MR) is 148 cm³/mol. The largest absolute Gasteiger partial charge is 0.403 e. The van der Waals surface area contributed by atoms with Crippen LogP contribution < -0.4 is 5.32 Å². The number of aromatic nitrogens is 2. The Kier molecular flexibility index (Phi) is 14.4. The lowest BCUT2D eigenvalue weighted by molar-refractivity contribution is 0.102. The third-order valence-corrected chi connectivity index (χ3v) is 5.96. The monoisotopic (exact) mass is 514 g/mol. The van der Waals surface area contributed by atoms with Crippen molar-refractivity contribution in [3.8, 4) is 11.5 Å². The Bertz CT molecular complexity index is 1010. The number of carbonyl (C=O) groups is 1. The standard InChI is InChI=1S/C22H23FN4O2S.2C2H6.C2H4/c1-14-11-15(2)13-27(12-14)30-19-9-5-16(6-10-19)20(28)24-22-26-25-21(29-22)17-3-7-18(23)8-4-17;3*1-2/h3-10,14-15H,11-13H2,1-2H3,(H,24,26,28);2*1-2H3;1-2H2/t14-,15+;;;. The van der Waals surface area contributed by atoms with Gasteiger partial charge in [-0.05, 0) is 78.7 Å². The van der Waals surface area contributed by atoms with Gasteiger partial charge in [0.05, 0.1) is 0 Å². The highest BCUT2D eigenvalue weighted by molar-refractivity contribution is 7.97. The van der Waals surface area contributed by atoms with Crippen molar-refractivity contribution in [2.24, 2.45) is 11.8 Å². The molecule has 36 heavy (non-hydrogen) atoms. The van der Waals surface area contributed by atoms with E-state index in [4.69, 9.17) is 4.42 Å². The number of hydrogen-bond acceptors (Lipinski definition) is 6. The van der Waals surface area contributed by atoms with Crippen LogP contribution in [0.25, 0.3) is 11.5 Å². The van der Waals surface area contributed by atoms with Crippen LogP contribution >= 0.6 is 11.9 Å². The normalized spacial score (nSPS) is 16.8. The molecule has 1 saturated heterocycles. The molecule has 0 bridgehead atoms. The van der Waals surface area contributed by atoms with Crippen LogP contribution in [-0.4, -0.2) is 33.5 Å². The molecule has 0 unspecified atom stereocenters. The van der Waals surface area contributed by atoms with Crippen LogP contribution in [-0.2, 0) is 0 Å². The first-order valence-electron chi connectivity index (χ1n) is 12.4. The van der Waals surface area contributed by atoms with E-state index in [2.05, 4.69) is 46.8 Å². The van der Waals surface area contributed by atoms with Crippen LogP contribution in [0.4, 0.5) is 10.4 Å². The van der Waals surface area contributed by atoms with E-state index < -0.39 is 0 Å². The number of nitrogens with one attached hydrogen (secondary N) is 1. The Hall–Kier alpha value is -2.97. The molecule has 1 aliphatic rings. The van der Waals surface area contributed by atoms with Crippen LogP contribution in [0, 0.1) is 17.7 Å². The van der Waals surface area contributed by atoms with Crippen LogP contribution in [0.5, 0.6) is 0 Å². The van der Waals surface area contributed by atoms with Gasteiger partial charge in [0, 0.05) is 29.1 Å². The lowest BCUT2D eigenvalue weighted by Gasteiger charge is -2.33. The predicted octanol–water partition coefficient (Wildman–Crippen LogP) is 7.97. The maximum atomic E-state index is 13.0. The molecule has 6 nitrogen and oxygen atoms in total. The molecule has 2 heterocycles. The molecule has 0 radical (unpaired) electrons. The fraction of sp³-hybridized carbons (Fsp3) is 0.393. The summed E-state index contributed by atoms with van der Waals surface area (Å²) in [6.07, 6.45) is 1.27. The SMILES string of the molecule is C=C.CC.CC.C[C@@H]1C[C@H](C)CN(Sc2ccc(C(=O)Nc3nnc(-c4ccc(F)cc4)o3)cc2)C1. The second-order valence-electron chi connectivity index (χ2n) is 7.78. The number of rotatable bonds is 5. The van der Waals surface area contributed by atoms with Crippen LogP contribution in [0.15, 0.2) is 71.0 Å². The van der Waals surface area contributed by atoms with Crippen molar-refractivity contribution in [3.63, 3.8) is 0 Å². The van der Waals surface area contributed by atoms with Crippen molar-refractivity contribution in [2.45, 2.75) is 52.9 Å². The average molecular weight is 515 g/mol. The van der Waals surface area contributed by atoms with Crippen molar-refractivity contribution in [1.29, 1.82) is 0 Å². The van der Waals surface area contributed by atoms with Crippen molar-refractivity contribution in [1.82, 2.24) is 14.5 Å². The molecule has 1 amide bonds. The number of carbonyl (C=O) groups excluding carboxylic acids is 1. The zero-order chi connectivity index (χ0) is 27.1. The Morgan fingerprint density at radius 1 is 0.972 bits per heavy atom. The van der Waals surface area contributed by atoms with Crippen LogP contribution in [0.3, 0.4) is 0 Å². The van der Waals surface area contributed by atoms with Gasteiger partial charge in [-0.2, -0.15) is 0 Å². The summed E-state index contributed by atoms with van der Waals surface area (Å²) in [7, 11) is 0. The summed E-state index contributed by atoms with van der Waals surface area (Å²) < 4.78 is 20.9. The molecule has 0 spiro atoms. The molecule has 1 aromatic heterocycles. The molecule has 4 rings (SSSR count). The fourth-order valence-corrected chi connectivity index (χ4v) is 4.86. The molecule has 3 aromatic rings. The lowest BCUT2D eigenvalue weighted by Crippen LogP contribution is -2.33. The van der Waals surface area contributed by atoms with Gasteiger partial charge < -0.3 is 4.42 Å². The molecule has 8 heteroatoms. The third-order valence-electron chi connectivity index (χ3n) is 4.92. The van der Waals surface area contributed by atoms with E-state index in [1.54, 1.807) is 24.1 Å². The number of piperidine rings is 1. The van der Waals surface area contributed by atoms with E-state index >= 15 is 0 Å². The summed E-state index contributed by atoms with van der Waals surface area (Å²) in [5, 5.41) is 10.3.